The highest BCUT2D eigenvalue weighted by Gasteiger charge is 2.13. The molecule has 1 atom stereocenters. The monoisotopic (exact) mass is 349 g/mol. The van der Waals surface area contributed by atoms with E-state index in [0.29, 0.717) is 5.56 Å². The molecule has 0 radical (unpaired) electrons. The molecular weight excluding hydrogens is 334 g/mol. The largest absolute Gasteiger partial charge is 0.345 e. The maximum atomic E-state index is 12.2. The first-order valence-corrected chi connectivity index (χ1v) is 8.33. The Kier molecular flexibility index (Phi) is 5.26. The molecule has 0 aliphatic carbocycles. The van der Waals surface area contributed by atoms with Gasteiger partial charge in [-0.15, -0.1) is 11.8 Å². The standard InChI is InChI=1S/C16H16BrNOS/c1-11(12-7-9-13(20-2)10-8-12)18-16(19)14-5-3-4-6-15(14)17/h3-11H,1-2H3,(H,18,19)/t11-/m1/s1. The predicted octanol–water partition coefficient (Wildman–Crippen LogP) is 4.66. The van der Waals surface area contributed by atoms with Crippen LogP contribution in [0.2, 0.25) is 0 Å². The number of halogens is 1. The number of carbonyl (C=O) groups is 1. The average Bonchev–Trinajstić information content (AvgIpc) is 2.47. The fourth-order valence-corrected chi connectivity index (χ4v) is 2.77. The molecule has 0 aromatic heterocycles. The maximum Gasteiger partial charge on any atom is 0.252 e. The first-order valence-electron chi connectivity index (χ1n) is 6.31. The second kappa shape index (κ2) is 6.95. The van der Waals surface area contributed by atoms with Crippen molar-refractivity contribution in [2.75, 3.05) is 6.26 Å². The number of benzene rings is 2. The zero-order valence-electron chi connectivity index (χ0n) is 11.4. The minimum Gasteiger partial charge on any atom is -0.345 e. The molecule has 0 fully saturated rings. The lowest BCUT2D eigenvalue weighted by Crippen LogP contribution is -2.26. The maximum absolute atomic E-state index is 12.2. The Morgan fingerprint density at radius 1 is 1.15 bits per heavy atom. The summed E-state index contributed by atoms with van der Waals surface area (Å²) in [5.41, 5.74) is 1.75. The van der Waals surface area contributed by atoms with Gasteiger partial charge in [0.05, 0.1) is 11.6 Å². The lowest BCUT2D eigenvalue weighted by Gasteiger charge is -2.15. The number of amides is 1. The van der Waals surface area contributed by atoms with Crippen molar-refractivity contribution in [2.24, 2.45) is 0 Å². The second-order valence-electron chi connectivity index (χ2n) is 4.45. The van der Waals surface area contributed by atoms with Crippen LogP contribution in [-0.2, 0) is 0 Å². The van der Waals surface area contributed by atoms with E-state index in [1.807, 2.05) is 37.4 Å². The fraction of sp³-hybridized carbons (Fsp3) is 0.188. The number of carbonyl (C=O) groups excluding carboxylic acids is 1. The fourth-order valence-electron chi connectivity index (χ4n) is 1.90. The van der Waals surface area contributed by atoms with E-state index in [1.165, 1.54) is 4.90 Å². The predicted molar refractivity (Wildman–Crippen MR) is 88.2 cm³/mol. The summed E-state index contributed by atoms with van der Waals surface area (Å²) in [4.78, 5) is 13.4. The molecule has 104 valence electrons. The van der Waals surface area contributed by atoms with Crippen molar-refractivity contribution in [1.29, 1.82) is 0 Å². The molecule has 0 aliphatic heterocycles. The van der Waals surface area contributed by atoms with Crippen LogP contribution < -0.4 is 5.32 Å². The van der Waals surface area contributed by atoms with Crippen molar-refractivity contribution in [3.63, 3.8) is 0 Å². The van der Waals surface area contributed by atoms with Gasteiger partial charge < -0.3 is 5.32 Å². The molecule has 0 unspecified atom stereocenters. The summed E-state index contributed by atoms with van der Waals surface area (Å²) < 4.78 is 0.808. The Bertz CT molecular complexity index is 598. The molecule has 1 N–H and O–H groups in total. The van der Waals surface area contributed by atoms with Gasteiger partial charge in [-0.2, -0.15) is 0 Å². The van der Waals surface area contributed by atoms with Crippen molar-refractivity contribution < 1.29 is 4.79 Å². The first-order chi connectivity index (χ1) is 9.61. The van der Waals surface area contributed by atoms with Crippen molar-refractivity contribution in [1.82, 2.24) is 5.32 Å². The van der Waals surface area contributed by atoms with Crippen LogP contribution in [0, 0.1) is 0 Å². The molecule has 0 spiro atoms. The Hall–Kier alpha value is -1.26. The van der Waals surface area contributed by atoms with Gasteiger partial charge in [0.2, 0.25) is 0 Å². The van der Waals surface area contributed by atoms with Gasteiger partial charge in [0, 0.05) is 9.37 Å². The van der Waals surface area contributed by atoms with E-state index in [-0.39, 0.29) is 11.9 Å². The molecule has 0 heterocycles. The third-order valence-corrected chi connectivity index (χ3v) is 4.52. The Morgan fingerprint density at radius 2 is 1.80 bits per heavy atom. The smallest absolute Gasteiger partial charge is 0.252 e. The minimum atomic E-state index is -0.0704. The quantitative estimate of drug-likeness (QED) is 0.813. The third kappa shape index (κ3) is 3.64. The van der Waals surface area contributed by atoms with Gasteiger partial charge >= 0.3 is 0 Å². The van der Waals surface area contributed by atoms with Crippen LogP contribution in [-0.4, -0.2) is 12.2 Å². The summed E-state index contributed by atoms with van der Waals surface area (Å²) in [5.74, 6) is -0.0704. The van der Waals surface area contributed by atoms with Gasteiger partial charge in [-0.25, -0.2) is 0 Å². The molecule has 2 aromatic carbocycles. The van der Waals surface area contributed by atoms with Crippen LogP contribution in [0.25, 0.3) is 0 Å². The third-order valence-electron chi connectivity index (χ3n) is 3.08. The van der Waals surface area contributed by atoms with Gasteiger partial charge in [-0.1, -0.05) is 24.3 Å². The van der Waals surface area contributed by atoms with E-state index in [2.05, 4.69) is 45.5 Å². The molecule has 2 rings (SSSR count). The zero-order valence-corrected chi connectivity index (χ0v) is 13.8. The normalized spacial score (nSPS) is 11.9. The molecule has 2 aromatic rings. The molecule has 2 nitrogen and oxygen atoms in total. The summed E-state index contributed by atoms with van der Waals surface area (Å²) in [6.07, 6.45) is 2.05. The highest BCUT2D eigenvalue weighted by molar-refractivity contribution is 9.10. The second-order valence-corrected chi connectivity index (χ2v) is 6.18. The average molecular weight is 350 g/mol. The molecule has 1 amide bonds. The Balaban J connectivity index is 2.09. The minimum absolute atomic E-state index is 0.0227. The van der Waals surface area contributed by atoms with E-state index in [0.717, 1.165) is 10.0 Å². The lowest BCUT2D eigenvalue weighted by molar-refractivity contribution is 0.0939. The van der Waals surface area contributed by atoms with Crippen LogP contribution >= 0.6 is 27.7 Å². The number of rotatable bonds is 4. The topological polar surface area (TPSA) is 29.1 Å². The van der Waals surface area contributed by atoms with Crippen LogP contribution in [0.1, 0.15) is 28.9 Å². The lowest BCUT2D eigenvalue weighted by atomic mass is 10.1. The summed E-state index contributed by atoms with van der Waals surface area (Å²) in [6, 6.07) is 15.7. The summed E-state index contributed by atoms with van der Waals surface area (Å²) in [5, 5.41) is 3.02. The number of thioether (sulfide) groups is 1. The van der Waals surface area contributed by atoms with E-state index in [1.54, 1.807) is 11.8 Å². The van der Waals surface area contributed by atoms with Gasteiger partial charge in [-0.3, -0.25) is 4.79 Å². The van der Waals surface area contributed by atoms with Crippen LogP contribution in [0.3, 0.4) is 0 Å². The van der Waals surface area contributed by atoms with E-state index in [9.17, 15) is 4.79 Å². The molecular formula is C16H16BrNOS. The van der Waals surface area contributed by atoms with Crippen LogP contribution in [0.4, 0.5) is 0 Å². The van der Waals surface area contributed by atoms with Crippen LogP contribution in [0.5, 0.6) is 0 Å². The van der Waals surface area contributed by atoms with Gasteiger partial charge in [-0.05, 0) is 58.9 Å². The number of hydrogen-bond donors (Lipinski definition) is 1. The summed E-state index contributed by atoms with van der Waals surface area (Å²) in [6.45, 7) is 1.99. The number of nitrogens with one attached hydrogen (secondary N) is 1. The molecule has 20 heavy (non-hydrogen) atoms. The summed E-state index contributed by atoms with van der Waals surface area (Å²) >= 11 is 5.11. The van der Waals surface area contributed by atoms with Crippen molar-refractivity contribution in [3.8, 4) is 0 Å². The Morgan fingerprint density at radius 3 is 2.40 bits per heavy atom. The van der Waals surface area contributed by atoms with E-state index >= 15 is 0 Å². The zero-order chi connectivity index (χ0) is 14.5. The van der Waals surface area contributed by atoms with E-state index < -0.39 is 0 Å². The number of hydrogen-bond acceptors (Lipinski definition) is 2. The van der Waals surface area contributed by atoms with Crippen molar-refractivity contribution in [2.45, 2.75) is 17.9 Å². The molecule has 0 aliphatic rings. The van der Waals surface area contributed by atoms with Crippen LogP contribution in [0.15, 0.2) is 57.9 Å². The Labute approximate surface area is 132 Å². The van der Waals surface area contributed by atoms with Gasteiger partial charge in [0.1, 0.15) is 0 Å². The van der Waals surface area contributed by atoms with Gasteiger partial charge in [0.15, 0.2) is 0 Å². The SMILES string of the molecule is CSc1ccc([C@@H](C)NC(=O)c2ccccc2Br)cc1. The summed E-state index contributed by atoms with van der Waals surface area (Å²) in [7, 11) is 0. The van der Waals surface area contributed by atoms with Crippen molar-refractivity contribution in [3.05, 3.63) is 64.1 Å². The highest BCUT2D eigenvalue weighted by Crippen LogP contribution is 2.20. The highest BCUT2D eigenvalue weighted by atomic mass is 79.9. The van der Waals surface area contributed by atoms with Gasteiger partial charge in [0.25, 0.3) is 5.91 Å². The molecule has 0 saturated heterocycles. The first kappa shape index (κ1) is 15.1. The molecule has 0 saturated carbocycles. The molecule has 4 heteroatoms. The molecule has 0 bridgehead atoms. The van der Waals surface area contributed by atoms with Crippen molar-refractivity contribution >= 4 is 33.6 Å². The van der Waals surface area contributed by atoms with E-state index in [4.69, 9.17) is 0 Å².